The van der Waals surface area contributed by atoms with Crippen LogP contribution in [0.1, 0.15) is 6.92 Å². The molecule has 3 rings (SSSR count). The first kappa shape index (κ1) is 24.1. The summed E-state index contributed by atoms with van der Waals surface area (Å²) in [5, 5.41) is 0. The zero-order chi connectivity index (χ0) is 24.7. The summed E-state index contributed by atoms with van der Waals surface area (Å²) in [6, 6.07) is 15.1. The highest BCUT2D eigenvalue weighted by Gasteiger charge is 2.11. The first-order valence-electron chi connectivity index (χ1n) is 10.0. The lowest BCUT2D eigenvalue weighted by molar-refractivity contribution is -0.133. The number of benzene rings is 3. The van der Waals surface area contributed by atoms with Crippen molar-refractivity contribution in [1.82, 2.24) is 0 Å². The van der Waals surface area contributed by atoms with Gasteiger partial charge in [-0.15, -0.1) is 0 Å². The molecule has 5 nitrogen and oxygen atoms in total. The van der Waals surface area contributed by atoms with Gasteiger partial charge in [0.1, 0.15) is 24.1 Å². The molecule has 0 aliphatic carbocycles. The zero-order valence-electron chi connectivity index (χ0n) is 18.2. The van der Waals surface area contributed by atoms with E-state index >= 15 is 0 Å². The minimum Gasteiger partial charge on any atom is -0.459 e. The molecule has 0 saturated carbocycles. The Kier molecular flexibility index (Phi) is 7.71. The predicted octanol–water partition coefficient (Wildman–Crippen LogP) is 6.36. The minimum atomic E-state index is -0.721. The van der Waals surface area contributed by atoms with Crippen LogP contribution in [0.5, 0.6) is 11.5 Å². The number of esters is 2. The van der Waals surface area contributed by atoms with E-state index in [-0.39, 0.29) is 16.9 Å². The Bertz CT molecular complexity index is 1280. The van der Waals surface area contributed by atoms with Gasteiger partial charge < -0.3 is 14.2 Å². The van der Waals surface area contributed by atoms with E-state index in [1.165, 1.54) is 25.1 Å². The van der Waals surface area contributed by atoms with Crippen LogP contribution in [-0.4, -0.2) is 11.9 Å². The van der Waals surface area contributed by atoms with Crippen LogP contribution in [0.25, 0.3) is 22.3 Å². The number of hydrogen-bond acceptors (Lipinski definition) is 5. The first-order valence-corrected chi connectivity index (χ1v) is 10.0. The molecule has 0 aliphatic heterocycles. The normalized spacial score (nSPS) is 10.6. The van der Waals surface area contributed by atoms with Crippen LogP contribution < -0.4 is 9.47 Å². The largest absolute Gasteiger partial charge is 0.459 e. The monoisotopic (exact) mass is 462 g/mol. The van der Waals surface area contributed by atoms with Gasteiger partial charge in [-0.2, -0.15) is 0 Å². The van der Waals surface area contributed by atoms with Crippen LogP contribution in [0.3, 0.4) is 0 Å². The van der Waals surface area contributed by atoms with Crippen molar-refractivity contribution >= 4 is 11.9 Å². The number of ether oxygens (including phenoxy) is 3. The zero-order valence-corrected chi connectivity index (χ0v) is 18.2. The fraction of sp³-hybridized carbons (Fsp3) is 0.0370. The van der Waals surface area contributed by atoms with Crippen LogP contribution in [0.15, 0.2) is 98.0 Å². The molecule has 0 radical (unpaired) electrons. The molecule has 0 amide bonds. The predicted molar refractivity (Wildman–Crippen MR) is 124 cm³/mol. The average molecular weight is 462 g/mol. The van der Waals surface area contributed by atoms with Gasteiger partial charge in [0.15, 0.2) is 11.6 Å². The molecule has 7 heteroatoms. The van der Waals surface area contributed by atoms with E-state index in [1.54, 1.807) is 36.4 Å². The summed E-state index contributed by atoms with van der Waals surface area (Å²) in [6.07, 6.45) is 3.04. The van der Waals surface area contributed by atoms with Gasteiger partial charge in [0.05, 0.1) is 0 Å². The lowest BCUT2D eigenvalue weighted by atomic mass is 9.99. The third-order valence-electron chi connectivity index (χ3n) is 4.56. The third kappa shape index (κ3) is 6.04. The van der Waals surface area contributed by atoms with Crippen LogP contribution >= 0.6 is 0 Å². The Morgan fingerprint density at radius 2 is 1.50 bits per heavy atom. The number of carbonyl (C=O) groups is 2. The van der Waals surface area contributed by atoms with E-state index < -0.39 is 23.6 Å². The SMILES string of the molecule is C=CC(=O)Oc1ccc(-c2ccc(-c3ccc(O/C=C\OC(=O)C(=C)C)c(F)c3)c(F)c2)cc1. The summed E-state index contributed by atoms with van der Waals surface area (Å²) in [7, 11) is 0. The summed E-state index contributed by atoms with van der Waals surface area (Å²) in [5.41, 5.74) is 2.03. The number of halogens is 2. The molecule has 3 aromatic carbocycles. The highest BCUT2D eigenvalue weighted by atomic mass is 19.1. The quantitative estimate of drug-likeness (QED) is 0.169. The van der Waals surface area contributed by atoms with Crippen LogP contribution in [0.4, 0.5) is 8.78 Å². The number of rotatable bonds is 8. The van der Waals surface area contributed by atoms with Crippen LogP contribution in [0, 0.1) is 11.6 Å². The average Bonchev–Trinajstić information content (AvgIpc) is 2.82. The molecule has 172 valence electrons. The fourth-order valence-electron chi connectivity index (χ4n) is 2.86. The van der Waals surface area contributed by atoms with Gasteiger partial charge in [0, 0.05) is 17.2 Å². The van der Waals surface area contributed by atoms with Gasteiger partial charge >= 0.3 is 11.9 Å². The molecule has 0 fully saturated rings. The summed E-state index contributed by atoms with van der Waals surface area (Å²) in [5.74, 6) is -2.26. The van der Waals surface area contributed by atoms with Gasteiger partial charge in [-0.3, -0.25) is 0 Å². The van der Waals surface area contributed by atoms with Crippen molar-refractivity contribution < 1.29 is 32.6 Å². The molecule has 0 atom stereocenters. The second-order valence-corrected chi connectivity index (χ2v) is 7.07. The Labute approximate surface area is 195 Å². The Morgan fingerprint density at radius 1 is 0.853 bits per heavy atom. The van der Waals surface area contributed by atoms with E-state index in [4.69, 9.17) is 14.2 Å². The van der Waals surface area contributed by atoms with Gasteiger partial charge in [-0.05, 0) is 53.9 Å². The molecule has 0 bridgehead atoms. The maximum Gasteiger partial charge on any atom is 0.338 e. The number of carbonyl (C=O) groups excluding carboxylic acids is 2. The maximum atomic E-state index is 14.8. The molecule has 0 aliphatic rings. The van der Waals surface area contributed by atoms with Crippen molar-refractivity contribution in [2.75, 3.05) is 0 Å². The molecular formula is C27H20F2O5. The van der Waals surface area contributed by atoms with E-state index in [2.05, 4.69) is 13.2 Å². The van der Waals surface area contributed by atoms with Crippen molar-refractivity contribution in [2.24, 2.45) is 0 Å². The molecule has 0 N–H and O–H groups in total. The van der Waals surface area contributed by atoms with Crippen LogP contribution in [0.2, 0.25) is 0 Å². The van der Waals surface area contributed by atoms with Crippen LogP contribution in [-0.2, 0) is 14.3 Å². The first-order chi connectivity index (χ1) is 16.3. The van der Waals surface area contributed by atoms with E-state index in [9.17, 15) is 18.4 Å². The molecule has 0 aromatic heterocycles. The summed E-state index contributed by atoms with van der Waals surface area (Å²) in [6.45, 7) is 8.25. The van der Waals surface area contributed by atoms with E-state index in [0.717, 1.165) is 24.7 Å². The van der Waals surface area contributed by atoms with Gasteiger partial charge in [-0.1, -0.05) is 43.5 Å². The molecule has 34 heavy (non-hydrogen) atoms. The third-order valence-corrected chi connectivity index (χ3v) is 4.56. The summed E-state index contributed by atoms with van der Waals surface area (Å²) in [4.78, 5) is 22.5. The highest BCUT2D eigenvalue weighted by Crippen LogP contribution is 2.31. The van der Waals surface area contributed by atoms with Crippen molar-refractivity contribution in [3.05, 3.63) is 110 Å². The Hall–Kier alpha value is -4.52. The van der Waals surface area contributed by atoms with Gasteiger partial charge in [-0.25, -0.2) is 18.4 Å². The number of hydrogen-bond donors (Lipinski definition) is 0. The fourth-order valence-corrected chi connectivity index (χ4v) is 2.86. The standard InChI is InChI=1S/C27H20F2O5/c1-4-26(30)34-21-9-5-18(6-10-21)19-7-11-22(23(28)15-19)20-8-12-25(24(29)16-20)32-13-14-33-27(31)17(2)3/h4-16H,1-2H2,3H3/b14-13-. The maximum absolute atomic E-state index is 14.8. The topological polar surface area (TPSA) is 61.8 Å². The Balaban J connectivity index is 1.73. The molecule has 0 saturated heterocycles. The van der Waals surface area contributed by atoms with Crippen molar-refractivity contribution in [3.63, 3.8) is 0 Å². The Morgan fingerprint density at radius 3 is 2.12 bits per heavy atom. The smallest absolute Gasteiger partial charge is 0.338 e. The van der Waals surface area contributed by atoms with Crippen molar-refractivity contribution in [3.8, 4) is 33.8 Å². The summed E-state index contributed by atoms with van der Waals surface area (Å²) >= 11 is 0. The second kappa shape index (κ2) is 10.9. The van der Waals surface area contributed by atoms with Gasteiger partial charge in [0.2, 0.25) is 0 Å². The van der Waals surface area contributed by atoms with Crippen molar-refractivity contribution in [1.29, 1.82) is 0 Å². The summed E-state index contributed by atoms with van der Waals surface area (Å²) < 4.78 is 44.1. The minimum absolute atomic E-state index is 0.124. The molecule has 0 heterocycles. The second-order valence-electron chi connectivity index (χ2n) is 7.07. The molecule has 0 unspecified atom stereocenters. The molecule has 0 spiro atoms. The lowest BCUT2D eigenvalue weighted by Crippen LogP contribution is -2.02. The molecule has 3 aromatic rings. The molecular weight excluding hydrogens is 442 g/mol. The van der Waals surface area contributed by atoms with Crippen molar-refractivity contribution in [2.45, 2.75) is 6.92 Å². The van der Waals surface area contributed by atoms with E-state index in [1.807, 2.05) is 0 Å². The lowest BCUT2D eigenvalue weighted by Gasteiger charge is -2.09. The van der Waals surface area contributed by atoms with Gasteiger partial charge in [0.25, 0.3) is 0 Å². The van der Waals surface area contributed by atoms with E-state index in [0.29, 0.717) is 22.4 Å². The highest BCUT2D eigenvalue weighted by molar-refractivity contribution is 5.87.